The minimum atomic E-state index is -4.23. The molecule has 3 N–H and O–H groups in total. The van der Waals surface area contributed by atoms with Crippen molar-refractivity contribution in [3.05, 3.63) is 94.5 Å². The van der Waals surface area contributed by atoms with Gasteiger partial charge in [-0.15, -0.1) is 0 Å². The van der Waals surface area contributed by atoms with Gasteiger partial charge in [-0.3, -0.25) is 9.10 Å². The van der Waals surface area contributed by atoms with Crippen LogP contribution in [0.1, 0.15) is 37.4 Å². The van der Waals surface area contributed by atoms with Crippen molar-refractivity contribution in [1.82, 2.24) is 5.32 Å². The molecule has 3 aromatic rings. The molecule has 3 aromatic carbocycles. The Bertz CT molecular complexity index is 1380. The largest absolute Gasteiger partial charge is 0.478 e. The van der Waals surface area contributed by atoms with E-state index in [1.807, 2.05) is 0 Å². The van der Waals surface area contributed by atoms with Crippen molar-refractivity contribution in [2.24, 2.45) is 0 Å². The van der Waals surface area contributed by atoms with Crippen molar-refractivity contribution >= 4 is 33.6 Å². The monoisotopic (exact) mass is 496 g/mol. The van der Waals surface area contributed by atoms with Gasteiger partial charge in [0.1, 0.15) is 6.54 Å². The number of rotatable bonds is 9. The van der Waals surface area contributed by atoms with Crippen molar-refractivity contribution in [2.75, 3.05) is 10.8 Å². The van der Waals surface area contributed by atoms with E-state index in [-0.39, 0.29) is 33.8 Å². The van der Waals surface area contributed by atoms with Gasteiger partial charge in [-0.1, -0.05) is 35.9 Å². The number of carbonyl (C=O) groups is 3. The number of carboxylic acid groups (broad SMARTS) is 2. The molecule has 0 bridgehead atoms. The summed E-state index contributed by atoms with van der Waals surface area (Å²) in [6, 6.07) is 16.3. The van der Waals surface area contributed by atoms with Crippen molar-refractivity contribution < 1.29 is 33.0 Å². The molecule has 0 radical (unpaired) electrons. The Labute approximate surface area is 202 Å². The normalized spacial score (nSPS) is 11.0. The highest BCUT2D eigenvalue weighted by Crippen LogP contribution is 2.29. The molecule has 0 saturated heterocycles. The van der Waals surface area contributed by atoms with Crippen molar-refractivity contribution in [1.29, 1.82) is 0 Å². The molecule has 0 spiro atoms. The molecule has 0 heterocycles. The highest BCUT2D eigenvalue weighted by molar-refractivity contribution is 7.92. The number of aryl methyl sites for hydroxylation is 1. The van der Waals surface area contributed by atoms with Gasteiger partial charge in [0.15, 0.2) is 0 Å². The standard InChI is InChI=1S/C25H24N2O7S/c1-16-9-11-20(12-10-16)35(33,34)27(22-8-4-7-21(17(22)2)25(31)32)15-23(28)26-14-18-5-3-6-19(13-18)24(29)30/h3-13H,14-15H2,1-2H3,(H,26,28)(H,29,30)(H,31,32). The van der Waals surface area contributed by atoms with Gasteiger partial charge in [-0.25, -0.2) is 18.0 Å². The van der Waals surface area contributed by atoms with Crippen LogP contribution in [0, 0.1) is 13.8 Å². The molecule has 0 atom stereocenters. The van der Waals surface area contributed by atoms with Gasteiger partial charge in [0.05, 0.1) is 21.7 Å². The second-order valence-electron chi connectivity index (χ2n) is 7.86. The SMILES string of the molecule is Cc1ccc(S(=O)(=O)N(CC(=O)NCc2cccc(C(=O)O)c2)c2cccc(C(=O)O)c2C)cc1. The number of hydrogen-bond acceptors (Lipinski definition) is 5. The first-order valence-electron chi connectivity index (χ1n) is 10.5. The lowest BCUT2D eigenvalue weighted by Gasteiger charge is -2.26. The van der Waals surface area contributed by atoms with Gasteiger partial charge < -0.3 is 15.5 Å². The molecule has 3 rings (SSSR count). The van der Waals surface area contributed by atoms with Crippen LogP contribution in [0.4, 0.5) is 5.69 Å². The van der Waals surface area contributed by atoms with Crippen molar-refractivity contribution in [2.45, 2.75) is 25.3 Å². The van der Waals surface area contributed by atoms with E-state index in [4.69, 9.17) is 5.11 Å². The Morgan fingerprint density at radius 3 is 2.17 bits per heavy atom. The molecule has 1 amide bonds. The third-order valence-corrected chi connectivity index (χ3v) is 7.14. The number of aromatic carboxylic acids is 2. The van der Waals surface area contributed by atoms with E-state index in [1.165, 1.54) is 49.4 Å². The average Bonchev–Trinajstić information content (AvgIpc) is 2.82. The first-order chi connectivity index (χ1) is 16.5. The number of benzene rings is 3. The van der Waals surface area contributed by atoms with Crippen LogP contribution in [-0.4, -0.2) is 43.0 Å². The maximum absolute atomic E-state index is 13.5. The van der Waals surface area contributed by atoms with E-state index in [0.717, 1.165) is 9.87 Å². The van der Waals surface area contributed by atoms with E-state index in [9.17, 15) is 27.9 Å². The number of anilines is 1. The number of carbonyl (C=O) groups excluding carboxylic acids is 1. The number of hydrogen-bond donors (Lipinski definition) is 3. The summed E-state index contributed by atoms with van der Waals surface area (Å²) < 4.78 is 28.0. The zero-order valence-electron chi connectivity index (χ0n) is 19.1. The summed E-state index contributed by atoms with van der Waals surface area (Å²) in [5, 5.41) is 21.2. The zero-order chi connectivity index (χ0) is 25.8. The van der Waals surface area contributed by atoms with Gasteiger partial charge in [-0.05, 0) is 61.4 Å². The Kier molecular flexibility index (Phi) is 7.55. The number of carboxylic acids is 2. The van der Waals surface area contributed by atoms with Gasteiger partial charge in [0, 0.05) is 6.54 Å². The van der Waals surface area contributed by atoms with Gasteiger partial charge in [0.2, 0.25) is 5.91 Å². The lowest BCUT2D eigenvalue weighted by molar-refractivity contribution is -0.119. The highest BCUT2D eigenvalue weighted by atomic mass is 32.2. The van der Waals surface area contributed by atoms with Crippen molar-refractivity contribution in [3.63, 3.8) is 0 Å². The fourth-order valence-corrected chi connectivity index (χ4v) is 4.94. The predicted octanol–water partition coefficient (Wildman–Crippen LogP) is 3.21. The van der Waals surface area contributed by atoms with Crippen LogP contribution < -0.4 is 9.62 Å². The summed E-state index contributed by atoms with van der Waals surface area (Å²) in [4.78, 5) is 35.6. The van der Waals surface area contributed by atoms with E-state index < -0.39 is 34.4 Å². The Hall–Kier alpha value is -4.18. The first-order valence-corrected chi connectivity index (χ1v) is 12.0. The fraction of sp³-hybridized carbons (Fsp3) is 0.160. The summed E-state index contributed by atoms with van der Waals surface area (Å²) in [6.45, 7) is 2.65. The molecule has 9 nitrogen and oxygen atoms in total. The molecular weight excluding hydrogens is 472 g/mol. The second kappa shape index (κ2) is 10.4. The molecule has 10 heteroatoms. The number of nitrogens with one attached hydrogen (secondary N) is 1. The highest BCUT2D eigenvalue weighted by Gasteiger charge is 2.29. The summed E-state index contributed by atoms with van der Waals surface area (Å²) >= 11 is 0. The lowest BCUT2D eigenvalue weighted by Crippen LogP contribution is -2.41. The summed E-state index contributed by atoms with van der Waals surface area (Å²) in [6.07, 6.45) is 0. The van der Waals surface area contributed by atoms with Gasteiger partial charge in [-0.2, -0.15) is 0 Å². The zero-order valence-corrected chi connectivity index (χ0v) is 19.9. The fourth-order valence-electron chi connectivity index (χ4n) is 3.46. The smallest absolute Gasteiger partial charge is 0.336 e. The van der Waals surface area contributed by atoms with Gasteiger partial charge >= 0.3 is 11.9 Å². The summed E-state index contributed by atoms with van der Waals surface area (Å²) in [5.41, 5.74) is 1.60. The molecule has 35 heavy (non-hydrogen) atoms. The molecule has 0 saturated carbocycles. The quantitative estimate of drug-likeness (QED) is 0.413. The predicted molar refractivity (Wildman–Crippen MR) is 129 cm³/mol. The van der Waals surface area contributed by atoms with E-state index in [1.54, 1.807) is 31.2 Å². The Morgan fingerprint density at radius 1 is 0.886 bits per heavy atom. The van der Waals surface area contributed by atoms with E-state index >= 15 is 0 Å². The molecule has 0 aliphatic rings. The molecule has 0 unspecified atom stereocenters. The van der Waals surface area contributed by atoms with Crippen LogP contribution in [-0.2, 0) is 21.4 Å². The van der Waals surface area contributed by atoms with Crippen molar-refractivity contribution in [3.8, 4) is 0 Å². The maximum Gasteiger partial charge on any atom is 0.336 e. The maximum atomic E-state index is 13.5. The minimum Gasteiger partial charge on any atom is -0.478 e. The van der Waals surface area contributed by atoms with E-state index in [2.05, 4.69) is 5.32 Å². The van der Waals surface area contributed by atoms with Crippen LogP contribution >= 0.6 is 0 Å². The topological polar surface area (TPSA) is 141 Å². The van der Waals surface area contributed by atoms with Crippen LogP contribution in [0.2, 0.25) is 0 Å². The Morgan fingerprint density at radius 2 is 1.54 bits per heavy atom. The Balaban J connectivity index is 1.95. The lowest BCUT2D eigenvalue weighted by atomic mass is 10.1. The molecular formula is C25H24N2O7S. The summed E-state index contributed by atoms with van der Waals surface area (Å²) in [5.74, 6) is -2.98. The minimum absolute atomic E-state index is 0.0213. The summed E-state index contributed by atoms with van der Waals surface area (Å²) in [7, 11) is -4.23. The third-order valence-electron chi connectivity index (χ3n) is 5.36. The molecule has 182 valence electrons. The third kappa shape index (κ3) is 5.85. The van der Waals surface area contributed by atoms with Crippen LogP contribution in [0.25, 0.3) is 0 Å². The van der Waals surface area contributed by atoms with Gasteiger partial charge in [0.25, 0.3) is 10.0 Å². The van der Waals surface area contributed by atoms with Crippen LogP contribution in [0.3, 0.4) is 0 Å². The first kappa shape index (κ1) is 25.4. The molecule has 0 fully saturated rings. The molecule has 0 aliphatic carbocycles. The van der Waals surface area contributed by atoms with Crippen LogP contribution in [0.15, 0.2) is 71.6 Å². The number of sulfonamides is 1. The van der Waals surface area contributed by atoms with Crippen LogP contribution in [0.5, 0.6) is 0 Å². The second-order valence-corrected chi connectivity index (χ2v) is 9.72. The molecule has 0 aliphatic heterocycles. The van der Waals surface area contributed by atoms with E-state index in [0.29, 0.717) is 5.56 Å². The average molecular weight is 497 g/mol. The molecule has 0 aromatic heterocycles. The number of amides is 1. The number of nitrogens with zero attached hydrogens (tertiary/aromatic N) is 1.